The number of carbonyl (C=O) groups excluding carboxylic acids is 1. The van der Waals surface area contributed by atoms with E-state index < -0.39 is 0 Å². The topological polar surface area (TPSA) is 72.3 Å². The highest BCUT2D eigenvalue weighted by atomic mass is 16.1. The van der Waals surface area contributed by atoms with Gasteiger partial charge in [0.15, 0.2) is 0 Å². The smallest absolute Gasteiger partial charge is 0.263 e. The number of aryl methyl sites for hydroxylation is 1. The maximum absolute atomic E-state index is 12.3. The summed E-state index contributed by atoms with van der Waals surface area (Å²) in [5.41, 5.74) is 4.88. The van der Waals surface area contributed by atoms with Gasteiger partial charge in [-0.2, -0.15) is 5.26 Å². The van der Waals surface area contributed by atoms with Crippen LogP contribution in [0.1, 0.15) is 16.7 Å². The van der Waals surface area contributed by atoms with Gasteiger partial charge in [0.05, 0.1) is 0 Å². The summed E-state index contributed by atoms with van der Waals surface area (Å²) in [6, 6.07) is 12.1. The van der Waals surface area contributed by atoms with Crippen LogP contribution in [0.15, 0.2) is 54.5 Å². The van der Waals surface area contributed by atoms with Crippen LogP contribution in [-0.2, 0) is 11.3 Å². The molecule has 1 amide bonds. The van der Waals surface area contributed by atoms with E-state index in [1.54, 1.807) is 18.6 Å². The molecule has 1 fully saturated rings. The highest BCUT2D eigenvalue weighted by Gasteiger charge is 2.19. The maximum atomic E-state index is 12.3. The molecule has 1 saturated heterocycles. The van der Waals surface area contributed by atoms with E-state index in [2.05, 4.69) is 47.2 Å². The molecule has 6 nitrogen and oxygen atoms in total. The number of anilines is 1. The summed E-state index contributed by atoms with van der Waals surface area (Å²) in [6.45, 7) is 7.89. The number of nitriles is 1. The van der Waals surface area contributed by atoms with Gasteiger partial charge in [-0.1, -0.05) is 18.2 Å². The molecule has 6 heteroatoms. The minimum atomic E-state index is -0.358. The molecule has 0 saturated carbocycles. The molecular formula is C22H25N5O. The Kier molecular flexibility index (Phi) is 6.28. The van der Waals surface area contributed by atoms with Crippen LogP contribution in [-0.4, -0.2) is 42.0 Å². The van der Waals surface area contributed by atoms with Gasteiger partial charge in [-0.15, -0.1) is 0 Å². The van der Waals surface area contributed by atoms with Crippen LogP contribution in [0, 0.1) is 25.2 Å². The van der Waals surface area contributed by atoms with Gasteiger partial charge in [0.25, 0.3) is 5.91 Å². The van der Waals surface area contributed by atoms with Crippen molar-refractivity contribution in [1.82, 2.24) is 15.2 Å². The molecule has 1 aromatic heterocycles. The first-order valence-corrected chi connectivity index (χ1v) is 9.42. The third-order valence-electron chi connectivity index (χ3n) is 5.08. The van der Waals surface area contributed by atoms with E-state index in [0.717, 1.165) is 31.7 Å². The number of nitrogens with zero attached hydrogens (tertiary/aromatic N) is 4. The number of benzene rings is 1. The second-order valence-corrected chi connectivity index (χ2v) is 6.94. The van der Waals surface area contributed by atoms with E-state index in [1.807, 2.05) is 23.1 Å². The average Bonchev–Trinajstić information content (AvgIpc) is 2.73. The summed E-state index contributed by atoms with van der Waals surface area (Å²) in [7, 11) is 0. The molecule has 2 heterocycles. The van der Waals surface area contributed by atoms with Crippen molar-refractivity contribution in [3.8, 4) is 6.07 Å². The van der Waals surface area contributed by atoms with E-state index >= 15 is 0 Å². The fourth-order valence-electron chi connectivity index (χ4n) is 3.27. The number of pyridine rings is 1. The van der Waals surface area contributed by atoms with Crippen LogP contribution in [0.5, 0.6) is 0 Å². The number of carbonyl (C=O) groups is 1. The Morgan fingerprint density at radius 2 is 2.00 bits per heavy atom. The first kappa shape index (κ1) is 19.4. The Morgan fingerprint density at radius 3 is 2.68 bits per heavy atom. The van der Waals surface area contributed by atoms with Crippen LogP contribution < -0.4 is 10.2 Å². The number of hydrogen-bond donors (Lipinski definition) is 1. The van der Waals surface area contributed by atoms with E-state index in [4.69, 9.17) is 0 Å². The van der Waals surface area contributed by atoms with Crippen LogP contribution in [0.2, 0.25) is 0 Å². The molecular weight excluding hydrogens is 350 g/mol. The van der Waals surface area contributed by atoms with E-state index in [0.29, 0.717) is 6.54 Å². The third-order valence-corrected chi connectivity index (χ3v) is 5.08. The van der Waals surface area contributed by atoms with Gasteiger partial charge in [0, 0.05) is 57.0 Å². The molecule has 1 N–H and O–H groups in total. The van der Waals surface area contributed by atoms with Crippen LogP contribution >= 0.6 is 0 Å². The lowest BCUT2D eigenvalue weighted by Crippen LogP contribution is -2.44. The van der Waals surface area contributed by atoms with Gasteiger partial charge in [0.1, 0.15) is 11.6 Å². The van der Waals surface area contributed by atoms with E-state index in [1.165, 1.54) is 16.8 Å². The largest absolute Gasteiger partial charge is 0.373 e. The Hall–Kier alpha value is -3.33. The summed E-state index contributed by atoms with van der Waals surface area (Å²) in [6.07, 6.45) is 5.06. The summed E-state index contributed by atoms with van der Waals surface area (Å²) >= 11 is 0. The van der Waals surface area contributed by atoms with Gasteiger partial charge in [-0.25, -0.2) is 0 Å². The molecule has 1 aliphatic heterocycles. The minimum Gasteiger partial charge on any atom is -0.373 e. The minimum absolute atomic E-state index is 0.129. The van der Waals surface area contributed by atoms with Crippen molar-refractivity contribution >= 4 is 11.6 Å². The number of piperazine rings is 1. The van der Waals surface area contributed by atoms with Crippen molar-refractivity contribution in [2.45, 2.75) is 20.4 Å². The normalized spacial score (nSPS) is 14.5. The molecule has 0 atom stereocenters. The van der Waals surface area contributed by atoms with Gasteiger partial charge in [0.2, 0.25) is 0 Å². The third kappa shape index (κ3) is 4.68. The van der Waals surface area contributed by atoms with E-state index in [9.17, 15) is 10.1 Å². The number of nitrogens with one attached hydrogen (secondary N) is 1. The molecule has 0 spiro atoms. The molecule has 3 rings (SSSR count). The molecule has 1 aliphatic rings. The monoisotopic (exact) mass is 375 g/mol. The highest BCUT2D eigenvalue weighted by Crippen LogP contribution is 2.24. The number of aromatic nitrogens is 1. The molecule has 0 radical (unpaired) electrons. The van der Waals surface area contributed by atoms with Gasteiger partial charge >= 0.3 is 0 Å². The lowest BCUT2D eigenvalue weighted by molar-refractivity contribution is -0.117. The van der Waals surface area contributed by atoms with Crippen molar-refractivity contribution in [3.63, 3.8) is 0 Å². The summed E-state index contributed by atoms with van der Waals surface area (Å²) in [5, 5.41) is 12.2. The zero-order chi connectivity index (χ0) is 19.9. The molecule has 0 unspecified atom stereocenters. The lowest BCUT2D eigenvalue weighted by Gasteiger charge is -2.36. The standard InChI is InChI=1S/C22H25N5O/c1-17-5-3-7-21(18(17)2)27-11-9-26(10-12-27)16-20(13-23)22(28)25-15-19-6-4-8-24-14-19/h3-8,14,16H,9-12,15H2,1-2H3,(H,25,28)/b20-16-. The van der Waals surface area contributed by atoms with Crippen molar-refractivity contribution in [2.75, 3.05) is 31.1 Å². The molecule has 1 aromatic carbocycles. The fourth-order valence-corrected chi connectivity index (χ4v) is 3.27. The average molecular weight is 375 g/mol. The first-order valence-electron chi connectivity index (χ1n) is 9.42. The number of rotatable bonds is 5. The Bertz CT molecular complexity index is 893. The Balaban J connectivity index is 1.58. The number of amides is 1. The zero-order valence-corrected chi connectivity index (χ0v) is 16.4. The maximum Gasteiger partial charge on any atom is 0.263 e. The summed E-state index contributed by atoms with van der Waals surface area (Å²) in [4.78, 5) is 20.8. The van der Waals surface area contributed by atoms with Crippen molar-refractivity contribution in [1.29, 1.82) is 5.26 Å². The SMILES string of the molecule is Cc1cccc(N2CCN(/C=C(/C#N)C(=O)NCc3cccnc3)CC2)c1C. The van der Waals surface area contributed by atoms with Crippen molar-refractivity contribution < 1.29 is 4.79 Å². The molecule has 2 aromatic rings. The number of hydrogen-bond acceptors (Lipinski definition) is 5. The van der Waals surface area contributed by atoms with Gasteiger partial charge < -0.3 is 15.1 Å². The van der Waals surface area contributed by atoms with Gasteiger partial charge in [-0.05, 0) is 42.7 Å². The zero-order valence-electron chi connectivity index (χ0n) is 16.4. The first-order chi connectivity index (χ1) is 13.6. The Labute approximate surface area is 166 Å². The van der Waals surface area contributed by atoms with E-state index in [-0.39, 0.29) is 11.5 Å². The second-order valence-electron chi connectivity index (χ2n) is 6.94. The molecule has 0 bridgehead atoms. The molecule has 28 heavy (non-hydrogen) atoms. The quantitative estimate of drug-likeness (QED) is 0.642. The van der Waals surface area contributed by atoms with Gasteiger partial charge in [-0.3, -0.25) is 9.78 Å². The second kappa shape index (κ2) is 9.05. The molecule has 144 valence electrons. The summed E-state index contributed by atoms with van der Waals surface area (Å²) in [5.74, 6) is -0.358. The fraction of sp³-hybridized carbons (Fsp3) is 0.318. The summed E-state index contributed by atoms with van der Waals surface area (Å²) < 4.78 is 0. The van der Waals surface area contributed by atoms with Crippen molar-refractivity contribution in [2.24, 2.45) is 0 Å². The van der Waals surface area contributed by atoms with Crippen molar-refractivity contribution in [3.05, 3.63) is 71.2 Å². The Morgan fingerprint density at radius 1 is 1.21 bits per heavy atom. The predicted molar refractivity (Wildman–Crippen MR) is 109 cm³/mol. The highest BCUT2D eigenvalue weighted by molar-refractivity contribution is 5.97. The van der Waals surface area contributed by atoms with Crippen LogP contribution in [0.3, 0.4) is 0 Å². The van der Waals surface area contributed by atoms with Crippen LogP contribution in [0.25, 0.3) is 0 Å². The lowest BCUT2D eigenvalue weighted by atomic mass is 10.1. The molecule has 0 aliphatic carbocycles. The predicted octanol–water partition coefficient (Wildman–Crippen LogP) is 2.54. The van der Waals surface area contributed by atoms with Crippen LogP contribution in [0.4, 0.5) is 5.69 Å².